The molecule has 7 heteroatoms. The number of piperidine rings is 1. The first-order chi connectivity index (χ1) is 12.0. The summed E-state index contributed by atoms with van der Waals surface area (Å²) in [5, 5.41) is 10.7. The summed E-state index contributed by atoms with van der Waals surface area (Å²) in [6.07, 6.45) is 3.36. The minimum atomic E-state index is -1.44. The highest BCUT2D eigenvalue weighted by molar-refractivity contribution is 6.19. The Morgan fingerprint density at radius 1 is 1.16 bits per heavy atom. The predicted molar refractivity (Wildman–Crippen MR) is 87.6 cm³/mol. The summed E-state index contributed by atoms with van der Waals surface area (Å²) in [6.45, 7) is 0.0142. The third-order valence-corrected chi connectivity index (χ3v) is 4.72. The maximum Gasteiger partial charge on any atom is 0.322 e. The van der Waals surface area contributed by atoms with Crippen molar-refractivity contribution in [2.45, 2.75) is 32.2 Å². The smallest absolute Gasteiger partial charge is 0.322 e. The average Bonchev–Trinajstić information content (AvgIpc) is 3.03. The molecule has 132 valence electrons. The molecule has 25 heavy (non-hydrogen) atoms. The van der Waals surface area contributed by atoms with Crippen molar-refractivity contribution < 1.29 is 24.3 Å². The number of nitrogens with zero attached hydrogens (tertiary/aromatic N) is 1. The third kappa shape index (κ3) is 3.70. The standard InChI is InChI=1S/C18H20N2O5/c21-14-6-7-20(18(25)16(14)17(24)19-9-15(22)23)10-11-4-5-12-2-1-3-13(12)8-11/h4-5,8,16H,1-3,6-7,9-10H2,(H,19,24)(H,22,23). The van der Waals surface area contributed by atoms with E-state index >= 15 is 0 Å². The lowest BCUT2D eigenvalue weighted by Crippen LogP contribution is -2.52. The summed E-state index contributed by atoms with van der Waals surface area (Å²) in [4.78, 5) is 48.6. The van der Waals surface area contributed by atoms with Crippen LogP contribution >= 0.6 is 0 Å². The molecular weight excluding hydrogens is 324 g/mol. The van der Waals surface area contributed by atoms with Crippen LogP contribution in [0.15, 0.2) is 18.2 Å². The minimum absolute atomic E-state index is 0.0990. The lowest BCUT2D eigenvalue weighted by molar-refractivity contribution is -0.152. The van der Waals surface area contributed by atoms with Crippen molar-refractivity contribution in [3.8, 4) is 0 Å². The van der Waals surface area contributed by atoms with Gasteiger partial charge in [-0.15, -0.1) is 0 Å². The summed E-state index contributed by atoms with van der Waals surface area (Å²) in [7, 11) is 0. The monoisotopic (exact) mass is 344 g/mol. The number of ketones is 1. The van der Waals surface area contributed by atoms with E-state index in [-0.39, 0.29) is 13.0 Å². The SMILES string of the molecule is O=C(O)CNC(=O)C1C(=O)CCN(Cc2ccc3c(c2)CCC3)C1=O. The molecule has 2 N–H and O–H groups in total. The maximum atomic E-state index is 12.6. The van der Waals surface area contributed by atoms with Crippen LogP contribution in [0.2, 0.25) is 0 Å². The van der Waals surface area contributed by atoms with E-state index in [0.717, 1.165) is 24.8 Å². The fourth-order valence-corrected chi connectivity index (χ4v) is 3.44. The van der Waals surface area contributed by atoms with Gasteiger partial charge in [0.15, 0.2) is 11.7 Å². The van der Waals surface area contributed by atoms with Crippen molar-refractivity contribution in [1.82, 2.24) is 10.2 Å². The Labute approximate surface area is 145 Å². The number of fused-ring (bicyclic) bond motifs is 1. The Morgan fingerprint density at radius 2 is 1.92 bits per heavy atom. The first-order valence-corrected chi connectivity index (χ1v) is 8.37. The van der Waals surface area contributed by atoms with E-state index in [4.69, 9.17) is 5.11 Å². The van der Waals surface area contributed by atoms with E-state index in [1.54, 1.807) is 0 Å². The molecule has 0 saturated carbocycles. The number of hydrogen-bond acceptors (Lipinski definition) is 4. The molecule has 1 fully saturated rings. The molecule has 0 radical (unpaired) electrons. The van der Waals surface area contributed by atoms with Crippen LogP contribution in [-0.2, 0) is 38.6 Å². The first-order valence-electron chi connectivity index (χ1n) is 8.37. The van der Waals surface area contributed by atoms with Gasteiger partial charge in [0.2, 0.25) is 11.8 Å². The normalized spacial score (nSPS) is 19.7. The van der Waals surface area contributed by atoms with Crippen LogP contribution in [0.3, 0.4) is 0 Å². The van der Waals surface area contributed by atoms with Gasteiger partial charge in [-0.3, -0.25) is 19.2 Å². The number of Topliss-reactive ketones (excluding diaryl/α,β-unsaturated/α-hetero) is 1. The molecule has 1 unspecified atom stereocenters. The lowest BCUT2D eigenvalue weighted by Gasteiger charge is -2.31. The number of aryl methyl sites for hydroxylation is 2. The van der Waals surface area contributed by atoms with Gasteiger partial charge in [-0.2, -0.15) is 0 Å². The number of carboxylic acids is 1. The number of carbonyl (C=O) groups excluding carboxylic acids is 3. The quantitative estimate of drug-likeness (QED) is 0.748. The van der Waals surface area contributed by atoms with Gasteiger partial charge in [0.05, 0.1) is 0 Å². The topological polar surface area (TPSA) is 104 Å². The van der Waals surface area contributed by atoms with Gasteiger partial charge >= 0.3 is 5.97 Å². The number of carbonyl (C=O) groups is 4. The summed E-state index contributed by atoms with van der Waals surface area (Å²) in [5.41, 5.74) is 3.62. The van der Waals surface area contributed by atoms with Gasteiger partial charge in [-0.25, -0.2) is 0 Å². The largest absolute Gasteiger partial charge is 0.480 e. The van der Waals surface area contributed by atoms with Gasteiger partial charge in [-0.05, 0) is 36.0 Å². The van der Waals surface area contributed by atoms with Crippen LogP contribution in [0, 0.1) is 5.92 Å². The van der Waals surface area contributed by atoms with Gasteiger partial charge in [0.1, 0.15) is 6.54 Å². The Morgan fingerprint density at radius 3 is 2.68 bits per heavy atom. The number of hydrogen-bond donors (Lipinski definition) is 2. The molecule has 0 spiro atoms. The van der Waals surface area contributed by atoms with Gasteiger partial charge in [0.25, 0.3) is 0 Å². The molecule has 1 atom stereocenters. The Balaban J connectivity index is 1.70. The van der Waals surface area contributed by atoms with Crippen molar-refractivity contribution in [2.75, 3.05) is 13.1 Å². The Hall–Kier alpha value is -2.70. The highest BCUT2D eigenvalue weighted by Crippen LogP contribution is 2.24. The zero-order valence-corrected chi connectivity index (χ0v) is 13.8. The van der Waals surface area contributed by atoms with Crippen LogP contribution < -0.4 is 5.32 Å². The van der Waals surface area contributed by atoms with Crippen LogP contribution in [0.5, 0.6) is 0 Å². The van der Waals surface area contributed by atoms with Crippen LogP contribution in [0.25, 0.3) is 0 Å². The van der Waals surface area contributed by atoms with Gasteiger partial charge < -0.3 is 15.3 Å². The molecule has 1 saturated heterocycles. The third-order valence-electron chi connectivity index (χ3n) is 4.72. The fraction of sp³-hybridized carbons (Fsp3) is 0.444. The summed E-state index contributed by atoms with van der Waals surface area (Å²) < 4.78 is 0. The minimum Gasteiger partial charge on any atom is -0.480 e. The second-order valence-electron chi connectivity index (χ2n) is 6.48. The number of amides is 2. The molecule has 1 aromatic rings. The number of benzene rings is 1. The van der Waals surface area contributed by atoms with Crippen LogP contribution in [-0.4, -0.2) is 46.7 Å². The van der Waals surface area contributed by atoms with Crippen molar-refractivity contribution in [1.29, 1.82) is 0 Å². The Bertz CT molecular complexity index is 743. The Kier molecular flexibility index (Phi) is 4.83. The summed E-state index contributed by atoms with van der Waals surface area (Å²) in [5.74, 6) is -4.52. The molecule has 1 aliphatic heterocycles. The highest BCUT2D eigenvalue weighted by Gasteiger charge is 2.40. The molecule has 1 aliphatic carbocycles. The number of carboxylic acid groups (broad SMARTS) is 1. The number of aliphatic carboxylic acids is 1. The van der Waals surface area contributed by atoms with E-state index in [0.29, 0.717) is 6.54 Å². The van der Waals surface area contributed by atoms with Crippen molar-refractivity contribution in [2.24, 2.45) is 5.92 Å². The number of rotatable bonds is 5. The van der Waals surface area contributed by atoms with E-state index in [9.17, 15) is 19.2 Å². The molecule has 2 amide bonds. The molecular formula is C18H20N2O5. The zero-order chi connectivity index (χ0) is 18.0. The fourth-order valence-electron chi connectivity index (χ4n) is 3.44. The maximum absolute atomic E-state index is 12.6. The number of nitrogens with one attached hydrogen (secondary N) is 1. The van der Waals surface area contributed by atoms with Crippen molar-refractivity contribution in [3.63, 3.8) is 0 Å². The van der Waals surface area contributed by atoms with Gasteiger partial charge in [-0.1, -0.05) is 18.2 Å². The van der Waals surface area contributed by atoms with E-state index in [1.165, 1.54) is 16.0 Å². The summed E-state index contributed by atoms with van der Waals surface area (Å²) in [6, 6.07) is 6.15. The van der Waals surface area contributed by atoms with Crippen molar-refractivity contribution >= 4 is 23.6 Å². The molecule has 7 nitrogen and oxygen atoms in total. The van der Waals surface area contributed by atoms with Crippen LogP contribution in [0.1, 0.15) is 29.5 Å². The average molecular weight is 344 g/mol. The molecule has 0 bridgehead atoms. The van der Waals surface area contributed by atoms with E-state index in [1.807, 2.05) is 6.07 Å². The number of likely N-dealkylation sites (tertiary alicyclic amines) is 1. The van der Waals surface area contributed by atoms with E-state index < -0.39 is 36.0 Å². The first kappa shape index (κ1) is 17.1. The van der Waals surface area contributed by atoms with Crippen LogP contribution in [0.4, 0.5) is 0 Å². The van der Waals surface area contributed by atoms with Gasteiger partial charge in [0, 0.05) is 19.5 Å². The predicted octanol–water partition coefficient (Wildman–Crippen LogP) is 0.294. The molecule has 0 aromatic heterocycles. The van der Waals surface area contributed by atoms with E-state index in [2.05, 4.69) is 17.4 Å². The lowest BCUT2D eigenvalue weighted by atomic mass is 9.94. The molecule has 2 aliphatic rings. The molecule has 3 rings (SSSR count). The molecule has 1 aromatic carbocycles. The van der Waals surface area contributed by atoms with Crippen molar-refractivity contribution in [3.05, 3.63) is 34.9 Å². The summed E-state index contributed by atoms with van der Waals surface area (Å²) >= 11 is 0. The zero-order valence-electron chi connectivity index (χ0n) is 13.8. The molecule has 1 heterocycles. The second-order valence-corrected chi connectivity index (χ2v) is 6.48. The second kappa shape index (κ2) is 7.04. The highest BCUT2D eigenvalue weighted by atomic mass is 16.4.